The van der Waals surface area contributed by atoms with Crippen LogP contribution in [0.1, 0.15) is 51.5 Å². The van der Waals surface area contributed by atoms with E-state index in [4.69, 9.17) is 4.74 Å². The molecule has 112 valence electrons. The van der Waals surface area contributed by atoms with E-state index in [9.17, 15) is 0 Å². The summed E-state index contributed by atoms with van der Waals surface area (Å²) in [6.07, 6.45) is 8.39. The molecule has 20 heavy (non-hydrogen) atoms. The van der Waals surface area contributed by atoms with Gasteiger partial charge in [0.25, 0.3) is 0 Å². The SMILES string of the molecule is CCNCc1cc(Br)cnc1OC1CCCC(CC)C1. The van der Waals surface area contributed by atoms with Crippen LogP contribution in [0.5, 0.6) is 5.88 Å². The molecule has 1 aromatic rings. The van der Waals surface area contributed by atoms with Gasteiger partial charge in [-0.1, -0.05) is 26.7 Å². The van der Waals surface area contributed by atoms with Gasteiger partial charge in [-0.2, -0.15) is 0 Å². The summed E-state index contributed by atoms with van der Waals surface area (Å²) in [5.41, 5.74) is 1.14. The number of aromatic nitrogens is 1. The molecule has 1 saturated carbocycles. The fraction of sp³-hybridized carbons (Fsp3) is 0.688. The maximum absolute atomic E-state index is 6.20. The molecule has 0 spiro atoms. The minimum Gasteiger partial charge on any atom is -0.474 e. The Bertz CT molecular complexity index is 425. The zero-order valence-electron chi connectivity index (χ0n) is 12.5. The minimum atomic E-state index is 0.336. The highest BCUT2D eigenvalue weighted by Crippen LogP contribution is 2.30. The van der Waals surface area contributed by atoms with E-state index in [1.54, 1.807) is 0 Å². The van der Waals surface area contributed by atoms with E-state index >= 15 is 0 Å². The Labute approximate surface area is 130 Å². The van der Waals surface area contributed by atoms with Crippen LogP contribution in [0.3, 0.4) is 0 Å². The lowest BCUT2D eigenvalue weighted by Crippen LogP contribution is -2.26. The normalized spacial score (nSPS) is 22.8. The van der Waals surface area contributed by atoms with Crippen LogP contribution in [0.25, 0.3) is 0 Å². The second kappa shape index (κ2) is 7.99. The fourth-order valence-corrected chi connectivity index (χ4v) is 3.22. The summed E-state index contributed by atoms with van der Waals surface area (Å²) in [5.74, 6) is 1.62. The Balaban J connectivity index is 2.03. The zero-order chi connectivity index (χ0) is 14.4. The summed E-state index contributed by atoms with van der Waals surface area (Å²) in [4.78, 5) is 4.47. The van der Waals surface area contributed by atoms with Gasteiger partial charge in [0.05, 0.1) is 0 Å². The van der Waals surface area contributed by atoms with Crippen LogP contribution in [0.2, 0.25) is 0 Å². The molecular formula is C16H25BrN2O. The van der Waals surface area contributed by atoms with Crippen LogP contribution in [0, 0.1) is 5.92 Å². The first-order valence-electron chi connectivity index (χ1n) is 7.74. The molecular weight excluding hydrogens is 316 g/mol. The van der Waals surface area contributed by atoms with Crippen molar-refractivity contribution in [1.29, 1.82) is 0 Å². The van der Waals surface area contributed by atoms with E-state index in [2.05, 4.69) is 46.1 Å². The standard InChI is InChI=1S/C16H25BrN2O/c1-3-12-6-5-7-15(8-12)20-16-13(10-18-4-2)9-14(17)11-19-16/h9,11-12,15,18H,3-8,10H2,1-2H3. The number of nitrogens with zero attached hydrogens (tertiary/aromatic N) is 1. The van der Waals surface area contributed by atoms with Crippen LogP contribution in [0.4, 0.5) is 0 Å². The summed E-state index contributed by atoms with van der Waals surface area (Å²) in [6.45, 7) is 6.15. The third-order valence-electron chi connectivity index (χ3n) is 4.05. The average Bonchev–Trinajstić information content (AvgIpc) is 2.47. The molecule has 4 heteroatoms. The van der Waals surface area contributed by atoms with Crippen LogP contribution in [0.15, 0.2) is 16.7 Å². The van der Waals surface area contributed by atoms with Crippen molar-refractivity contribution in [2.24, 2.45) is 5.92 Å². The molecule has 0 aliphatic heterocycles. The molecule has 3 nitrogen and oxygen atoms in total. The smallest absolute Gasteiger partial charge is 0.218 e. The first-order chi connectivity index (χ1) is 9.72. The lowest BCUT2D eigenvalue weighted by Gasteiger charge is -2.29. The largest absolute Gasteiger partial charge is 0.474 e. The quantitative estimate of drug-likeness (QED) is 0.838. The van der Waals surface area contributed by atoms with Crippen molar-refractivity contribution >= 4 is 15.9 Å². The second-order valence-corrected chi connectivity index (χ2v) is 6.49. The van der Waals surface area contributed by atoms with Gasteiger partial charge in [-0.05, 0) is 53.7 Å². The van der Waals surface area contributed by atoms with Crippen LogP contribution in [-0.4, -0.2) is 17.6 Å². The van der Waals surface area contributed by atoms with Gasteiger partial charge in [-0.3, -0.25) is 0 Å². The van der Waals surface area contributed by atoms with Gasteiger partial charge < -0.3 is 10.1 Å². The van der Waals surface area contributed by atoms with Crippen molar-refractivity contribution in [3.05, 3.63) is 22.3 Å². The third kappa shape index (κ3) is 4.45. The molecule has 1 N–H and O–H groups in total. The first kappa shape index (κ1) is 15.8. The average molecular weight is 341 g/mol. The van der Waals surface area contributed by atoms with Crippen molar-refractivity contribution in [3.8, 4) is 5.88 Å². The Morgan fingerprint density at radius 2 is 2.25 bits per heavy atom. The number of ether oxygens (including phenoxy) is 1. The van der Waals surface area contributed by atoms with Crippen molar-refractivity contribution in [2.45, 2.75) is 58.6 Å². The number of rotatable bonds is 6. The maximum atomic E-state index is 6.20. The van der Waals surface area contributed by atoms with E-state index < -0.39 is 0 Å². The van der Waals surface area contributed by atoms with Gasteiger partial charge in [0.15, 0.2) is 0 Å². The predicted molar refractivity (Wildman–Crippen MR) is 86.0 cm³/mol. The summed E-state index contributed by atoms with van der Waals surface area (Å²) >= 11 is 3.49. The van der Waals surface area contributed by atoms with E-state index in [1.165, 1.54) is 25.7 Å². The summed E-state index contributed by atoms with van der Waals surface area (Å²) in [5, 5.41) is 3.35. The molecule has 0 aromatic carbocycles. The number of halogens is 1. The molecule has 1 heterocycles. The van der Waals surface area contributed by atoms with Gasteiger partial charge in [-0.25, -0.2) is 4.98 Å². The molecule has 0 saturated heterocycles. The van der Waals surface area contributed by atoms with Crippen molar-refractivity contribution < 1.29 is 4.74 Å². The minimum absolute atomic E-state index is 0.336. The van der Waals surface area contributed by atoms with E-state index in [1.807, 2.05) is 6.20 Å². The van der Waals surface area contributed by atoms with Crippen LogP contribution >= 0.6 is 15.9 Å². The van der Waals surface area contributed by atoms with Gasteiger partial charge in [0, 0.05) is 22.8 Å². The summed E-state index contributed by atoms with van der Waals surface area (Å²) in [7, 11) is 0. The highest BCUT2D eigenvalue weighted by molar-refractivity contribution is 9.10. The molecule has 1 aromatic heterocycles. The summed E-state index contributed by atoms with van der Waals surface area (Å²) in [6, 6.07) is 2.10. The van der Waals surface area contributed by atoms with Crippen LogP contribution in [-0.2, 0) is 6.54 Å². The molecule has 0 radical (unpaired) electrons. The monoisotopic (exact) mass is 340 g/mol. The highest BCUT2D eigenvalue weighted by atomic mass is 79.9. The molecule has 1 fully saturated rings. The highest BCUT2D eigenvalue weighted by Gasteiger charge is 2.23. The molecule has 1 aliphatic rings. The molecule has 0 bridgehead atoms. The molecule has 1 aliphatic carbocycles. The van der Waals surface area contributed by atoms with Gasteiger partial charge in [0.1, 0.15) is 6.10 Å². The Morgan fingerprint density at radius 1 is 1.40 bits per heavy atom. The Kier molecular flexibility index (Phi) is 6.30. The maximum Gasteiger partial charge on any atom is 0.218 e. The second-order valence-electron chi connectivity index (χ2n) is 5.58. The number of hydrogen-bond donors (Lipinski definition) is 1. The van der Waals surface area contributed by atoms with Crippen molar-refractivity contribution in [3.63, 3.8) is 0 Å². The molecule has 2 atom stereocenters. The Hall–Kier alpha value is -0.610. The fourth-order valence-electron chi connectivity index (χ4n) is 2.84. The Morgan fingerprint density at radius 3 is 3.00 bits per heavy atom. The number of nitrogens with one attached hydrogen (secondary N) is 1. The van der Waals surface area contributed by atoms with Crippen LogP contribution < -0.4 is 10.1 Å². The molecule has 2 unspecified atom stereocenters. The van der Waals surface area contributed by atoms with E-state index in [-0.39, 0.29) is 0 Å². The molecule has 0 amide bonds. The third-order valence-corrected chi connectivity index (χ3v) is 4.48. The van der Waals surface area contributed by atoms with E-state index in [0.29, 0.717) is 6.10 Å². The first-order valence-corrected chi connectivity index (χ1v) is 8.54. The van der Waals surface area contributed by atoms with Gasteiger partial charge in [0.2, 0.25) is 5.88 Å². The van der Waals surface area contributed by atoms with Crippen molar-refractivity contribution in [1.82, 2.24) is 10.3 Å². The lowest BCUT2D eigenvalue weighted by molar-refractivity contribution is 0.115. The van der Waals surface area contributed by atoms with Crippen molar-refractivity contribution in [2.75, 3.05) is 6.54 Å². The predicted octanol–water partition coefficient (Wildman–Crippen LogP) is 4.30. The van der Waals surface area contributed by atoms with E-state index in [0.717, 1.165) is 41.3 Å². The topological polar surface area (TPSA) is 34.2 Å². The summed E-state index contributed by atoms with van der Waals surface area (Å²) < 4.78 is 7.21. The number of hydrogen-bond acceptors (Lipinski definition) is 3. The zero-order valence-corrected chi connectivity index (χ0v) is 14.1. The van der Waals surface area contributed by atoms with Gasteiger partial charge in [-0.15, -0.1) is 0 Å². The van der Waals surface area contributed by atoms with Gasteiger partial charge >= 0.3 is 0 Å². The molecule has 2 rings (SSSR count). The lowest BCUT2D eigenvalue weighted by atomic mass is 9.85. The number of pyridine rings is 1.